The van der Waals surface area contributed by atoms with Crippen molar-refractivity contribution >= 4 is 5.82 Å². The van der Waals surface area contributed by atoms with Gasteiger partial charge >= 0.3 is 0 Å². The number of methoxy groups -OCH3 is 1. The number of aromatic nitrogens is 2. The van der Waals surface area contributed by atoms with Gasteiger partial charge in [0, 0.05) is 16.7 Å². The van der Waals surface area contributed by atoms with Gasteiger partial charge in [0.15, 0.2) is 11.5 Å². The monoisotopic (exact) mass is 419 g/mol. The first-order chi connectivity index (χ1) is 14.9. The minimum Gasteiger partial charge on any atom is -0.497 e. The number of hydrogen-bond donors (Lipinski definition) is 1. The zero-order valence-corrected chi connectivity index (χ0v) is 18.6. The highest BCUT2D eigenvalue weighted by Crippen LogP contribution is 2.49. The summed E-state index contributed by atoms with van der Waals surface area (Å²) in [7, 11) is 1.66. The molecule has 0 saturated heterocycles. The molecule has 1 aliphatic carbocycles. The Morgan fingerprint density at radius 1 is 1.03 bits per heavy atom. The Morgan fingerprint density at radius 2 is 1.81 bits per heavy atom. The van der Waals surface area contributed by atoms with Crippen LogP contribution in [0.15, 0.2) is 42.7 Å². The van der Waals surface area contributed by atoms with E-state index in [9.17, 15) is 0 Å². The molecule has 6 nitrogen and oxygen atoms in total. The van der Waals surface area contributed by atoms with Gasteiger partial charge in [-0.05, 0) is 48.1 Å². The lowest BCUT2D eigenvalue weighted by atomic mass is 9.71. The van der Waals surface area contributed by atoms with Gasteiger partial charge in [-0.1, -0.05) is 32.9 Å². The van der Waals surface area contributed by atoms with Crippen LogP contribution in [0, 0.1) is 0 Å². The van der Waals surface area contributed by atoms with E-state index in [4.69, 9.17) is 19.9 Å². The lowest BCUT2D eigenvalue weighted by Gasteiger charge is -2.35. The van der Waals surface area contributed by atoms with Crippen LogP contribution in [-0.4, -0.2) is 23.7 Å². The molecule has 0 aliphatic heterocycles. The summed E-state index contributed by atoms with van der Waals surface area (Å²) in [6.07, 6.45) is 3.21. The van der Waals surface area contributed by atoms with Gasteiger partial charge in [0.2, 0.25) is 0 Å². The van der Waals surface area contributed by atoms with Crippen LogP contribution in [0.4, 0.5) is 5.82 Å². The minimum atomic E-state index is -0.216. The molecule has 2 aromatic carbocycles. The highest BCUT2D eigenvalue weighted by atomic mass is 16.5. The van der Waals surface area contributed by atoms with Crippen molar-refractivity contribution in [2.45, 2.75) is 45.6 Å². The quantitative estimate of drug-likeness (QED) is 0.585. The number of rotatable bonds is 7. The van der Waals surface area contributed by atoms with Crippen LogP contribution in [0.25, 0.3) is 11.3 Å². The first-order valence-electron chi connectivity index (χ1n) is 10.6. The van der Waals surface area contributed by atoms with Crippen LogP contribution in [0.3, 0.4) is 0 Å². The van der Waals surface area contributed by atoms with E-state index in [-0.39, 0.29) is 5.41 Å². The zero-order valence-electron chi connectivity index (χ0n) is 18.6. The van der Waals surface area contributed by atoms with E-state index in [0.717, 1.165) is 58.0 Å². The summed E-state index contributed by atoms with van der Waals surface area (Å²) in [6, 6.07) is 11.9. The largest absolute Gasteiger partial charge is 0.497 e. The van der Waals surface area contributed by atoms with Crippen molar-refractivity contribution < 1.29 is 14.2 Å². The van der Waals surface area contributed by atoms with Crippen LogP contribution in [0.2, 0.25) is 0 Å². The maximum Gasteiger partial charge on any atom is 0.165 e. The molecule has 2 N–H and O–H groups in total. The van der Waals surface area contributed by atoms with Crippen LogP contribution < -0.4 is 19.9 Å². The summed E-state index contributed by atoms with van der Waals surface area (Å²) >= 11 is 0. The third kappa shape index (κ3) is 4.02. The predicted molar refractivity (Wildman–Crippen MR) is 122 cm³/mol. The molecule has 0 bridgehead atoms. The molecule has 0 unspecified atom stereocenters. The van der Waals surface area contributed by atoms with E-state index >= 15 is 0 Å². The maximum atomic E-state index is 6.24. The smallest absolute Gasteiger partial charge is 0.165 e. The van der Waals surface area contributed by atoms with Gasteiger partial charge in [-0.3, -0.25) is 0 Å². The van der Waals surface area contributed by atoms with E-state index in [1.165, 1.54) is 6.33 Å². The SMILES string of the molecule is CCCOc1c(OCc2ccc(OC)cc2)ccc2c1CC(C)(C)c1c(N)ncnc1-2. The minimum absolute atomic E-state index is 0.216. The Hall–Kier alpha value is -3.28. The Labute approximate surface area is 183 Å². The number of ether oxygens (including phenoxy) is 3. The summed E-state index contributed by atoms with van der Waals surface area (Å²) in [5, 5.41) is 0. The van der Waals surface area contributed by atoms with Crippen molar-refractivity contribution in [2.24, 2.45) is 0 Å². The Bertz CT molecular complexity index is 1080. The predicted octanol–water partition coefficient (Wildman–Crippen LogP) is 4.94. The summed E-state index contributed by atoms with van der Waals surface area (Å²) in [4.78, 5) is 8.81. The van der Waals surface area contributed by atoms with Crippen LogP contribution in [0.1, 0.15) is 43.9 Å². The van der Waals surface area contributed by atoms with Crippen LogP contribution >= 0.6 is 0 Å². The zero-order chi connectivity index (χ0) is 22.0. The second kappa shape index (κ2) is 8.46. The highest BCUT2D eigenvalue weighted by Gasteiger charge is 2.37. The molecule has 6 heteroatoms. The molecule has 1 aliphatic rings. The molecule has 1 heterocycles. The Balaban J connectivity index is 1.73. The van der Waals surface area contributed by atoms with Crippen molar-refractivity contribution in [2.75, 3.05) is 19.5 Å². The topological polar surface area (TPSA) is 79.5 Å². The number of hydrogen-bond acceptors (Lipinski definition) is 6. The van der Waals surface area contributed by atoms with Gasteiger partial charge in [0.1, 0.15) is 24.5 Å². The molecule has 0 saturated carbocycles. The van der Waals surface area contributed by atoms with Crippen molar-refractivity contribution in [1.82, 2.24) is 9.97 Å². The Morgan fingerprint density at radius 3 is 2.52 bits per heavy atom. The highest BCUT2D eigenvalue weighted by molar-refractivity contribution is 5.78. The molecular weight excluding hydrogens is 390 g/mol. The van der Waals surface area contributed by atoms with Crippen molar-refractivity contribution in [1.29, 1.82) is 0 Å². The fourth-order valence-corrected chi connectivity index (χ4v) is 4.16. The Kier molecular flexibility index (Phi) is 5.72. The van der Waals surface area contributed by atoms with E-state index in [1.54, 1.807) is 7.11 Å². The molecule has 0 fully saturated rings. The van der Waals surface area contributed by atoms with Gasteiger partial charge < -0.3 is 19.9 Å². The number of nitrogens with two attached hydrogens (primary N) is 1. The van der Waals surface area contributed by atoms with E-state index in [1.807, 2.05) is 30.3 Å². The number of anilines is 1. The molecule has 162 valence electrons. The van der Waals surface area contributed by atoms with Gasteiger partial charge in [-0.25, -0.2) is 9.97 Å². The molecule has 31 heavy (non-hydrogen) atoms. The second-order valence-corrected chi connectivity index (χ2v) is 8.45. The number of nitrogen functional groups attached to an aromatic ring is 1. The fourth-order valence-electron chi connectivity index (χ4n) is 4.16. The number of nitrogens with zero attached hydrogens (tertiary/aromatic N) is 2. The molecular formula is C25H29N3O3. The summed E-state index contributed by atoms with van der Waals surface area (Å²) in [6.45, 7) is 7.50. The standard InChI is InChI=1S/C25H29N3O3/c1-5-12-30-23-19-13-25(2,3)21-22(27-15-28-24(21)26)18(19)10-11-20(23)31-14-16-6-8-17(29-4)9-7-16/h6-11,15H,5,12-14H2,1-4H3,(H2,26,27,28). The normalized spacial score (nSPS) is 13.8. The molecule has 0 spiro atoms. The fraction of sp³-hybridized carbons (Fsp3) is 0.360. The average molecular weight is 420 g/mol. The van der Waals surface area contributed by atoms with E-state index < -0.39 is 0 Å². The van der Waals surface area contributed by atoms with Crippen molar-refractivity contribution in [3.05, 3.63) is 59.4 Å². The molecule has 0 atom stereocenters. The summed E-state index contributed by atoms with van der Waals surface area (Å²) < 4.78 is 17.7. The molecule has 3 aromatic rings. The van der Waals surface area contributed by atoms with E-state index in [2.05, 4.69) is 36.8 Å². The summed E-state index contributed by atoms with van der Waals surface area (Å²) in [5.41, 5.74) is 11.1. The lowest BCUT2D eigenvalue weighted by Crippen LogP contribution is -2.28. The van der Waals surface area contributed by atoms with Crippen LogP contribution in [-0.2, 0) is 18.4 Å². The van der Waals surface area contributed by atoms with Gasteiger partial charge in [-0.2, -0.15) is 0 Å². The van der Waals surface area contributed by atoms with Crippen molar-refractivity contribution in [3.63, 3.8) is 0 Å². The molecule has 0 radical (unpaired) electrons. The molecule has 4 rings (SSSR count). The molecule has 0 amide bonds. The van der Waals surface area contributed by atoms with Gasteiger partial charge in [-0.15, -0.1) is 0 Å². The third-order valence-corrected chi connectivity index (χ3v) is 5.66. The third-order valence-electron chi connectivity index (χ3n) is 5.66. The van der Waals surface area contributed by atoms with Gasteiger partial charge in [0.05, 0.1) is 19.4 Å². The summed E-state index contributed by atoms with van der Waals surface area (Å²) in [5.74, 6) is 2.90. The first kappa shape index (κ1) is 21.0. The molecule has 1 aromatic heterocycles. The van der Waals surface area contributed by atoms with Crippen molar-refractivity contribution in [3.8, 4) is 28.5 Å². The van der Waals surface area contributed by atoms with Gasteiger partial charge in [0.25, 0.3) is 0 Å². The number of fused-ring (bicyclic) bond motifs is 3. The second-order valence-electron chi connectivity index (χ2n) is 8.45. The first-order valence-corrected chi connectivity index (χ1v) is 10.6. The van der Waals surface area contributed by atoms with Crippen LogP contribution in [0.5, 0.6) is 17.2 Å². The maximum absolute atomic E-state index is 6.24. The lowest BCUT2D eigenvalue weighted by molar-refractivity contribution is 0.258. The van der Waals surface area contributed by atoms with E-state index in [0.29, 0.717) is 19.0 Å². The number of benzene rings is 2. The average Bonchev–Trinajstić information content (AvgIpc) is 2.76.